The van der Waals surface area contributed by atoms with Crippen LogP contribution >= 0.6 is 23.2 Å². The highest BCUT2D eigenvalue weighted by atomic mass is 35.5. The van der Waals surface area contributed by atoms with E-state index in [0.717, 1.165) is 5.56 Å². The van der Waals surface area contributed by atoms with Gasteiger partial charge in [-0.1, -0.05) is 34.5 Å². The summed E-state index contributed by atoms with van der Waals surface area (Å²) < 4.78 is 1.53. The van der Waals surface area contributed by atoms with E-state index in [4.69, 9.17) is 28.5 Å². The fraction of sp³-hybridized carbons (Fsp3) is 0.100. The van der Waals surface area contributed by atoms with E-state index in [9.17, 15) is 0 Å². The minimum atomic E-state index is 0.265. The van der Waals surface area contributed by atoms with E-state index in [1.54, 1.807) is 25.2 Å². The van der Waals surface area contributed by atoms with E-state index < -0.39 is 0 Å². The molecule has 0 unspecified atom stereocenters. The van der Waals surface area contributed by atoms with Crippen molar-refractivity contribution < 1.29 is 0 Å². The molecule has 0 N–H and O–H groups in total. The number of nitrogens with zero attached hydrogens (tertiary/aromatic N) is 4. The molecule has 2 rings (SSSR count). The Morgan fingerprint density at radius 3 is 2.69 bits per heavy atom. The maximum Gasteiger partial charge on any atom is 0.190 e. The van der Waals surface area contributed by atoms with Crippen LogP contribution in [0.25, 0.3) is 11.3 Å². The smallest absolute Gasteiger partial charge is 0.190 e. The molecule has 0 bridgehead atoms. The maximum atomic E-state index is 8.89. The summed E-state index contributed by atoms with van der Waals surface area (Å²) in [5.74, 6) is 0. The fourth-order valence-electron chi connectivity index (χ4n) is 1.40. The van der Waals surface area contributed by atoms with Crippen molar-refractivity contribution in [3.05, 3.63) is 33.9 Å². The van der Waals surface area contributed by atoms with E-state index in [0.29, 0.717) is 15.7 Å². The Morgan fingerprint density at radius 1 is 1.31 bits per heavy atom. The lowest BCUT2D eigenvalue weighted by Crippen LogP contribution is -1.94. The Labute approximate surface area is 102 Å². The van der Waals surface area contributed by atoms with Gasteiger partial charge in [0, 0.05) is 12.6 Å². The van der Waals surface area contributed by atoms with Crippen molar-refractivity contribution in [1.82, 2.24) is 15.0 Å². The second-order valence-electron chi connectivity index (χ2n) is 3.15. The van der Waals surface area contributed by atoms with Gasteiger partial charge >= 0.3 is 0 Å². The van der Waals surface area contributed by atoms with Gasteiger partial charge in [0.2, 0.25) is 0 Å². The van der Waals surface area contributed by atoms with Crippen molar-refractivity contribution in [3.63, 3.8) is 0 Å². The normalized spacial score (nSPS) is 10.1. The van der Waals surface area contributed by atoms with Gasteiger partial charge in [-0.15, -0.1) is 5.10 Å². The maximum absolute atomic E-state index is 8.89. The van der Waals surface area contributed by atoms with Gasteiger partial charge < -0.3 is 0 Å². The fourth-order valence-corrected chi connectivity index (χ4v) is 1.70. The summed E-state index contributed by atoms with van der Waals surface area (Å²) >= 11 is 11.7. The third-order valence-corrected chi connectivity index (χ3v) is 2.86. The van der Waals surface area contributed by atoms with Gasteiger partial charge in [-0.3, -0.25) is 0 Å². The van der Waals surface area contributed by atoms with Crippen LogP contribution in [-0.4, -0.2) is 15.0 Å². The van der Waals surface area contributed by atoms with Crippen LogP contribution in [0.4, 0.5) is 0 Å². The molecular weight excluding hydrogens is 247 g/mol. The summed E-state index contributed by atoms with van der Waals surface area (Å²) in [6.45, 7) is 0. The highest BCUT2D eigenvalue weighted by Gasteiger charge is 2.13. The standard InChI is InChI=1S/C10H6Cl2N4/c1-16-10(9(5-13)14-15-16)6-2-3-7(11)8(12)4-6/h2-4H,1H3. The van der Waals surface area contributed by atoms with Gasteiger partial charge in [0.1, 0.15) is 11.8 Å². The zero-order chi connectivity index (χ0) is 11.7. The van der Waals surface area contributed by atoms with Crippen LogP contribution in [0.15, 0.2) is 18.2 Å². The van der Waals surface area contributed by atoms with Crippen molar-refractivity contribution in [2.24, 2.45) is 7.05 Å². The number of rotatable bonds is 1. The Bertz CT molecular complexity index is 583. The van der Waals surface area contributed by atoms with Crippen LogP contribution in [0.2, 0.25) is 10.0 Å². The predicted molar refractivity (Wildman–Crippen MR) is 61.2 cm³/mol. The number of nitriles is 1. The van der Waals surface area contributed by atoms with E-state index in [-0.39, 0.29) is 5.69 Å². The number of aryl methyl sites for hydroxylation is 1. The molecule has 1 heterocycles. The van der Waals surface area contributed by atoms with Crippen LogP contribution in [0.3, 0.4) is 0 Å². The lowest BCUT2D eigenvalue weighted by atomic mass is 10.1. The number of aromatic nitrogens is 3. The molecule has 1 aromatic heterocycles. The van der Waals surface area contributed by atoms with Gasteiger partial charge in [0.05, 0.1) is 10.0 Å². The molecule has 0 aliphatic heterocycles. The van der Waals surface area contributed by atoms with Crippen LogP contribution in [0.5, 0.6) is 0 Å². The first-order chi connectivity index (χ1) is 7.63. The SMILES string of the molecule is Cn1nnc(C#N)c1-c1ccc(Cl)c(Cl)c1. The summed E-state index contributed by atoms with van der Waals surface area (Å²) in [6.07, 6.45) is 0. The second-order valence-corrected chi connectivity index (χ2v) is 3.97. The first-order valence-electron chi connectivity index (χ1n) is 4.38. The van der Waals surface area contributed by atoms with Crippen LogP contribution in [-0.2, 0) is 7.05 Å². The molecular formula is C10H6Cl2N4. The minimum absolute atomic E-state index is 0.265. The molecule has 0 radical (unpaired) electrons. The third-order valence-electron chi connectivity index (χ3n) is 2.13. The molecule has 6 heteroatoms. The highest BCUT2D eigenvalue weighted by Crippen LogP contribution is 2.29. The molecule has 0 saturated heterocycles. The van der Waals surface area contributed by atoms with E-state index >= 15 is 0 Å². The van der Waals surface area contributed by atoms with Crippen molar-refractivity contribution in [2.45, 2.75) is 0 Å². The summed E-state index contributed by atoms with van der Waals surface area (Å²) in [5, 5.41) is 17.3. The lowest BCUT2D eigenvalue weighted by Gasteiger charge is -2.03. The molecule has 0 amide bonds. The van der Waals surface area contributed by atoms with Crippen LogP contribution in [0.1, 0.15) is 5.69 Å². The van der Waals surface area contributed by atoms with E-state index in [2.05, 4.69) is 10.3 Å². The lowest BCUT2D eigenvalue weighted by molar-refractivity contribution is 0.720. The van der Waals surface area contributed by atoms with E-state index in [1.165, 1.54) is 4.68 Å². The molecule has 0 aliphatic carbocycles. The Balaban J connectivity index is 2.63. The predicted octanol–water partition coefficient (Wildman–Crippen LogP) is 2.66. The first kappa shape index (κ1) is 10.9. The molecule has 0 saturated carbocycles. The Kier molecular flexibility index (Phi) is 2.82. The van der Waals surface area contributed by atoms with Crippen molar-refractivity contribution in [2.75, 3.05) is 0 Å². The summed E-state index contributed by atoms with van der Waals surface area (Å²) in [7, 11) is 1.71. The molecule has 0 aliphatic rings. The first-order valence-corrected chi connectivity index (χ1v) is 5.14. The third kappa shape index (κ3) is 1.75. The molecule has 0 spiro atoms. The number of hydrogen-bond donors (Lipinski definition) is 0. The molecule has 1 aromatic carbocycles. The van der Waals surface area contributed by atoms with Gasteiger partial charge in [-0.2, -0.15) is 5.26 Å². The molecule has 2 aromatic rings. The zero-order valence-electron chi connectivity index (χ0n) is 8.28. The molecule has 0 fully saturated rings. The monoisotopic (exact) mass is 252 g/mol. The molecule has 80 valence electrons. The average molecular weight is 253 g/mol. The number of hydrogen-bond acceptors (Lipinski definition) is 3. The summed E-state index contributed by atoms with van der Waals surface area (Å²) in [5.41, 5.74) is 1.65. The largest absolute Gasteiger partial charge is 0.246 e. The quantitative estimate of drug-likeness (QED) is 0.784. The Morgan fingerprint density at radius 2 is 2.06 bits per heavy atom. The summed E-state index contributed by atoms with van der Waals surface area (Å²) in [4.78, 5) is 0. The van der Waals surface area contributed by atoms with Crippen molar-refractivity contribution >= 4 is 23.2 Å². The molecule has 16 heavy (non-hydrogen) atoms. The zero-order valence-corrected chi connectivity index (χ0v) is 9.79. The topological polar surface area (TPSA) is 54.5 Å². The number of benzene rings is 1. The molecule has 0 atom stereocenters. The van der Waals surface area contributed by atoms with Crippen molar-refractivity contribution in [3.8, 4) is 17.3 Å². The van der Waals surface area contributed by atoms with Gasteiger partial charge in [0.25, 0.3) is 0 Å². The van der Waals surface area contributed by atoms with E-state index in [1.807, 2.05) is 6.07 Å². The van der Waals surface area contributed by atoms with Crippen LogP contribution < -0.4 is 0 Å². The second kappa shape index (κ2) is 4.12. The van der Waals surface area contributed by atoms with Gasteiger partial charge in [0.15, 0.2) is 5.69 Å². The average Bonchev–Trinajstić information content (AvgIpc) is 2.64. The van der Waals surface area contributed by atoms with Gasteiger partial charge in [-0.05, 0) is 12.1 Å². The van der Waals surface area contributed by atoms with Crippen LogP contribution in [0, 0.1) is 11.3 Å². The highest BCUT2D eigenvalue weighted by molar-refractivity contribution is 6.42. The van der Waals surface area contributed by atoms with Gasteiger partial charge in [-0.25, -0.2) is 4.68 Å². The Hall–Kier alpha value is -1.57. The van der Waals surface area contributed by atoms with Crippen molar-refractivity contribution in [1.29, 1.82) is 5.26 Å². The molecule has 4 nitrogen and oxygen atoms in total. The summed E-state index contributed by atoms with van der Waals surface area (Å²) in [6, 6.07) is 7.11. The number of halogens is 2. The minimum Gasteiger partial charge on any atom is -0.246 e.